The molecule has 10 nitrogen and oxygen atoms in total. The Bertz CT molecular complexity index is 1130. The highest BCUT2D eigenvalue weighted by atomic mass is 16.2. The number of amidine groups is 1. The van der Waals surface area contributed by atoms with Crippen LogP contribution < -0.4 is 27.5 Å². The van der Waals surface area contributed by atoms with Crippen molar-refractivity contribution in [1.29, 1.82) is 0 Å². The van der Waals surface area contributed by atoms with Crippen LogP contribution >= 0.6 is 0 Å². The van der Waals surface area contributed by atoms with Crippen LogP contribution in [0.25, 0.3) is 5.69 Å². The molecule has 1 aromatic heterocycles. The molecule has 1 saturated heterocycles. The van der Waals surface area contributed by atoms with Crippen LogP contribution in [0.2, 0.25) is 0 Å². The van der Waals surface area contributed by atoms with Gasteiger partial charge in [-0.05, 0) is 61.0 Å². The number of aromatic nitrogens is 2. The zero-order chi connectivity index (χ0) is 26.8. The van der Waals surface area contributed by atoms with Gasteiger partial charge in [-0.1, -0.05) is 51.3 Å². The lowest BCUT2D eigenvalue weighted by atomic mass is 9.98. The van der Waals surface area contributed by atoms with Crippen molar-refractivity contribution in [2.24, 2.45) is 28.4 Å². The molecule has 3 rings (SSSR count). The molecular formula is C27H39N9O. The van der Waals surface area contributed by atoms with Crippen LogP contribution in [0.15, 0.2) is 84.2 Å². The van der Waals surface area contributed by atoms with E-state index in [9.17, 15) is 4.79 Å². The number of aliphatic imine (C=N–C) groups is 1. The Kier molecular flexibility index (Phi) is 10.0. The van der Waals surface area contributed by atoms with Gasteiger partial charge < -0.3 is 21.7 Å². The minimum Gasteiger partial charge on any atom is -0.379 e. The first-order valence-electron chi connectivity index (χ1n) is 12.6. The summed E-state index contributed by atoms with van der Waals surface area (Å²) in [6.07, 6.45) is 7.32. The van der Waals surface area contributed by atoms with Crippen molar-refractivity contribution >= 4 is 11.7 Å². The van der Waals surface area contributed by atoms with Crippen LogP contribution in [-0.4, -0.2) is 46.2 Å². The number of hydrogen-bond acceptors (Lipinski definition) is 7. The zero-order valence-corrected chi connectivity index (χ0v) is 21.8. The van der Waals surface area contributed by atoms with Gasteiger partial charge in [0.15, 0.2) is 11.7 Å². The number of nitrogens with two attached hydrogens (primary N) is 2. The maximum Gasteiger partial charge on any atom is 0.286 e. The average Bonchev–Trinajstić information content (AvgIpc) is 3.45. The molecule has 0 aliphatic carbocycles. The molecule has 0 radical (unpaired) electrons. The Hall–Kier alpha value is -3.89. The molecule has 10 heteroatoms. The fourth-order valence-corrected chi connectivity index (χ4v) is 4.13. The van der Waals surface area contributed by atoms with Crippen molar-refractivity contribution in [1.82, 2.24) is 30.7 Å². The second-order valence-electron chi connectivity index (χ2n) is 9.29. The molecule has 198 valence electrons. The van der Waals surface area contributed by atoms with Crippen molar-refractivity contribution in [2.75, 3.05) is 19.6 Å². The van der Waals surface area contributed by atoms with Crippen molar-refractivity contribution in [3.05, 3.63) is 84.7 Å². The predicted molar refractivity (Wildman–Crippen MR) is 148 cm³/mol. The van der Waals surface area contributed by atoms with E-state index in [0.717, 1.165) is 42.8 Å². The summed E-state index contributed by atoms with van der Waals surface area (Å²) in [5.41, 5.74) is 8.79. The van der Waals surface area contributed by atoms with E-state index < -0.39 is 5.91 Å². The summed E-state index contributed by atoms with van der Waals surface area (Å²) in [4.78, 5) is 17.1. The van der Waals surface area contributed by atoms with E-state index in [1.807, 2.05) is 50.4 Å². The standard InChI is InChI=1S/C27H39N9O/c1-5-23(19(2)3)26(34-25(28)27(37)32-17-21-11-14-30-15-12-21)36(29)20(4)31-18-22-9-6-7-10-24(22)35-16-8-13-33-35/h5-10,13,16,19,21,30-31H,1,4,11-12,14-15,17-18,29H2,2-3H3,(H2,28,34)(H,32,37)/b26-23+. The molecule has 37 heavy (non-hydrogen) atoms. The van der Waals surface area contributed by atoms with Crippen LogP contribution in [0, 0.1) is 11.8 Å². The lowest BCUT2D eigenvalue weighted by Gasteiger charge is -2.26. The van der Waals surface area contributed by atoms with Crippen molar-refractivity contribution in [3.8, 4) is 5.69 Å². The maximum absolute atomic E-state index is 12.7. The number of para-hydroxylation sites is 1. The molecule has 0 spiro atoms. The quantitative estimate of drug-likeness (QED) is 0.104. The first kappa shape index (κ1) is 27.7. The van der Waals surface area contributed by atoms with E-state index in [1.54, 1.807) is 17.0 Å². The number of benzene rings is 1. The normalized spacial score (nSPS) is 15.2. The summed E-state index contributed by atoms with van der Waals surface area (Å²) in [5, 5.41) is 15.1. The van der Waals surface area contributed by atoms with Gasteiger partial charge in [0.1, 0.15) is 5.82 Å². The minimum atomic E-state index is -0.427. The molecule has 1 aliphatic heterocycles. The first-order valence-corrected chi connectivity index (χ1v) is 12.6. The summed E-state index contributed by atoms with van der Waals surface area (Å²) in [6, 6.07) is 9.77. The molecule has 2 heterocycles. The number of hydrazine groups is 1. The van der Waals surface area contributed by atoms with E-state index in [2.05, 4.69) is 39.2 Å². The van der Waals surface area contributed by atoms with Crippen molar-refractivity contribution in [3.63, 3.8) is 0 Å². The maximum atomic E-state index is 12.7. The number of nitrogens with zero attached hydrogens (tertiary/aromatic N) is 4. The largest absolute Gasteiger partial charge is 0.379 e. The smallest absolute Gasteiger partial charge is 0.286 e. The average molecular weight is 506 g/mol. The fraction of sp³-hybridized carbons (Fsp3) is 0.370. The van der Waals surface area contributed by atoms with E-state index in [4.69, 9.17) is 11.6 Å². The molecule has 7 N–H and O–H groups in total. The highest BCUT2D eigenvalue weighted by Gasteiger charge is 2.19. The summed E-state index contributed by atoms with van der Waals surface area (Å²) in [6.45, 7) is 14.9. The van der Waals surface area contributed by atoms with Gasteiger partial charge in [-0.15, -0.1) is 0 Å². The Labute approximate surface area is 219 Å². The number of carbonyl (C=O) groups is 1. The number of rotatable bonds is 11. The van der Waals surface area contributed by atoms with Gasteiger partial charge in [0, 0.05) is 25.5 Å². The second-order valence-corrected chi connectivity index (χ2v) is 9.29. The molecule has 1 fully saturated rings. The molecular weight excluding hydrogens is 466 g/mol. The van der Waals surface area contributed by atoms with E-state index >= 15 is 0 Å². The highest BCUT2D eigenvalue weighted by Crippen LogP contribution is 2.21. The number of allylic oxidation sites excluding steroid dienone is 2. The molecule has 0 bridgehead atoms. The molecule has 1 aromatic carbocycles. The van der Waals surface area contributed by atoms with Gasteiger partial charge in [-0.3, -0.25) is 4.79 Å². The van der Waals surface area contributed by atoms with Crippen LogP contribution in [0.5, 0.6) is 0 Å². The summed E-state index contributed by atoms with van der Waals surface area (Å²) >= 11 is 0. The molecule has 0 atom stereocenters. The third-order valence-electron chi connectivity index (χ3n) is 6.31. The van der Waals surface area contributed by atoms with Crippen LogP contribution in [-0.2, 0) is 11.3 Å². The van der Waals surface area contributed by atoms with E-state index in [1.165, 1.54) is 5.01 Å². The third kappa shape index (κ3) is 7.55. The monoisotopic (exact) mass is 505 g/mol. The fourth-order valence-electron chi connectivity index (χ4n) is 4.13. The Morgan fingerprint density at radius 3 is 2.68 bits per heavy atom. The van der Waals surface area contributed by atoms with Gasteiger partial charge in [0.2, 0.25) is 0 Å². The topological polar surface area (TPSA) is 139 Å². The van der Waals surface area contributed by atoms with Crippen LogP contribution in [0.4, 0.5) is 0 Å². The van der Waals surface area contributed by atoms with Crippen molar-refractivity contribution < 1.29 is 4.79 Å². The van der Waals surface area contributed by atoms with Gasteiger partial charge >= 0.3 is 0 Å². The molecule has 0 unspecified atom stereocenters. The van der Waals surface area contributed by atoms with Gasteiger partial charge in [0.25, 0.3) is 5.91 Å². The molecule has 2 aromatic rings. The third-order valence-corrected chi connectivity index (χ3v) is 6.31. The van der Waals surface area contributed by atoms with Crippen molar-refractivity contribution in [2.45, 2.75) is 33.2 Å². The molecule has 0 saturated carbocycles. The summed E-state index contributed by atoms with van der Waals surface area (Å²) in [7, 11) is 0. The predicted octanol–water partition coefficient (Wildman–Crippen LogP) is 2.14. The van der Waals surface area contributed by atoms with Gasteiger partial charge in [-0.2, -0.15) is 5.10 Å². The highest BCUT2D eigenvalue weighted by molar-refractivity contribution is 6.37. The summed E-state index contributed by atoms with van der Waals surface area (Å²) in [5.74, 6) is 7.00. The number of piperidine rings is 1. The van der Waals surface area contributed by atoms with Crippen LogP contribution in [0.3, 0.4) is 0 Å². The van der Waals surface area contributed by atoms with E-state index in [0.29, 0.717) is 30.6 Å². The molecule has 1 amide bonds. The Balaban J connectivity index is 1.74. The van der Waals surface area contributed by atoms with E-state index in [-0.39, 0.29) is 11.8 Å². The summed E-state index contributed by atoms with van der Waals surface area (Å²) < 4.78 is 1.80. The number of nitrogens with one attached hydrogen (secondary N) is 3. The SMILES string of the molecule is C=C/C(=C(/N=C(\N)C(=O)NCC1CCNCC1)N(N)C(=C)NCc1ccccc1-n1cccn1)C(C)C. The second kappa shape index (κ2) is 13.4. The number of carbonyl (C=O) groups excluding carboxylic acids is 1. The van der Waals surface area contributed by atoms with Crippen LogP contribution in [0.1, 0.15) is 32.3 Å². The van der Waals surface area contributed by atoms with Gasteiger partial charge in [-0.25, -0.2) is 20.5 Å². The minimum absolute atomic E-state index is 0.0289. The number of hydrogen-bond donors (Lipinski definition) is 5. The van der Waals surface area contributed by atoms with Gasteiger partial charge in [0.05, 0.1) is 5.69 Å². The lowest BCUT2D eigenvalue weighted by molar-refractivity contribution is -0.115. The Morgan fingerprint density at radius 2 is 2.03 bits per heavy atom. The lowest BCUT2D eigenvalue weighted by Crippen LogP contribution is -2.42. The first-order chi connectivity index (χ1) is 17.8. The molecule has 1 aliphatic rings. The number of amides is 1. The zero-order valence-electron chi connectivity index (χ0n) is 21.8. The Morgan fingerprint density at radius 1 is 1.30 bits per heavy atom.